The van der Waals surface area contributed by atoms with Gasteiger partial charge in [0.15, 0.2) is 5.78 Å². The van der Waals surface area contributed by atoms with Gasteiger partial charge in [0.2, 0.25) is 0 Å². The SMILES string of the molecule is CCCC(N)CC(=O)c1ccc(OC2CC2)cc1. The molecule has 0 aliphatic heterocycles. The molecule has 98 valence electrons. The molecular formula is C15H21NO2. The van der Waals surface area contributed by atoms with Gasteiger partial charge in [0.1, 0.15) is 5.75 Å². The van der Waals surface area contributed by atoms with Gasteiger partial charge in [-0.3, -0.25) is 4.79 Å². The highest BCUT2D eigenvalue weighted by atomic mass is 16.5. The molecule has 0 bridgehead atoms. The number of hydrogen-bond acceptors (Lipinski definition) is 3. The van der Waals surface area contributed by atoms with Gasteiger partial charge in [-0.2, -0.15) is 0 Å². The monoisotopic (exact) mass is 247 g/mol. The molecule has 0 amide bonds. The predicted octanol–water partition coefficient (Wildman–Crippen LogP) is 2.93. The second-order valence-corrected chi connectivity index (χ2v) is 5.02. The lowest BCUT2D eigenvalue weighted by Gasteiger charge is -2.09. The summed E-state index contributed by atoms with van der Waals surface area (Å²) in [6.45, 7) is 2.08. The van der Waals surface area contributed by atoms with Crippen molar-refractivity contribution in [2.24, 2.45) is 5.73 Å². The highest BCUT2D eigenvalue weighted by Crippen LogP contribution is 2.26. The highest BCUT2D eigenvalue weighted by Gasteiger charge is 2.23. The van der Waals surface area contributed by atoms with Crippen molar-refractivity contribution in [3.63, 3.8) is 0 Å². The van der Waals surface area contributed by atoms with Crippen molar-refractivity contribution < 1.29 is 9.53 Å². The fourth-order valence-corrected chi connectivity index (χ4v) is 1.93. The molecule has 18 heavy (non-hydrogen) atoms. The Bertz CT molecular complexity index is 395. The van der Waals surface area contributed by atoms with Gasteiger partial charge in [0, 0.05) is 18.0 Å². The Hall–Kier alpha value is -1.35. The number of carbonyl (C=O) groups is 1. The van der Waals surface area contributed by atoms with E-state index in [1.54, 1.807) is 0 Å². The zero-order valence-corrected chi connectivity index (χ0v) is 10.9. The second-order valence-electron chi connectivity index (χ2n) is 5.02. The lowest BCUT2D eigenvalue weighted by Crippen LogP contribution is -2.23. The zero-order chi connectivity index (χ0) is 13.0. The van der Waals surface area contributed by atoms with Crippen LogP contribution in [0.2, 0.25) is 0 Å². The van der Waals surface area contributed by atoms with E-state index in [9.17, 15) is 4.79 Å². The fraction of sp³-hybridized carbons (Fsp3) is 0.533. The standard InChI is InChI=1S/C15H21NO2/c1-2-3-12(16)10-15(17)11-4-6-13(7-5-11)18-14-8-9-14/h4-7,12,14H,2-3,8-10,16H2,1H3. The Morgan fingerprint density at radius 3 is 2.61 bits per heavy atom. The number of carbonyl (C=O) groups excluding carboxylic acids is 1. The van der Waals surface area contributed by atoms with Crippen LogP contribution in [-0.2, 0) is 0 Å². The van der Waals surface area contributed by atoms with Crippen LogP contribution in [0.25, 0.3) is 0 Å². The van der Waals surface area contributed by atoms with E-state index in [0.29, 0.717) is 12.5 Å². The maximum absolute atomic E-state index is 12.0. The summed E-state index contributed by atoms with van der Waals surface area (Å²) in [6.07, 6.45) is 5.03. The van der Waals surface area contributed by atoms with Crippen molar-refractivity contribution in [1.29, 1.82) is 0 Å². The molecule has 3 nitrogen and oxygen atoms in total. The molecule has 1 aromatic carbocycles. The number of benzene rings is 1. The van der Waals surface area contributed by atoms with Gasteiger partial charge in [-0.15, -0.1) is 0 Å². The summed E-state index contributed by atoms with van der Waals surface area (Å²) in [5, 5.41) is 0. The highest BCUT2D eigenvalue weighted by molar-refractivity contribution is 5.96. The minimum absolute atomic E-state index is 0.0232. The van der Waals surface area contributed by atoms with E-state index in [1.807, 2.05) is 24.3 Å². The Balaban J connectivity index is 1.89. The van der Waals surface area contributed by atoms with E-state index in [1.165, 1.54) is 0 Å². The van der Waals surface area contributed by atoms with Crippen LogP contribution < -0.4 is 10.5 Å². The zero-order valence-electron chi connectivity index (χ0n) is 10.9. The van der Waals surface area contributed by atoms with Crippen LogP contribution in [-0.4, -0.2) is 17.9 Å². The third-order valence-electron chi connectivity index (χ3n) is 3.11. The molecule has 0 saturated heterocycles. The summed E-state index contributed by atoms with van der Waals surface area (Å²) in [5.41, 5.74) is 6.61. The number of ketones is 1. The van der Waals surface area contributed by atoms with Crippen LogP contribution in [0.5, 0.6) is 5.75 Å². The van der Waals surface area contributed by atoms with Crippen LogP contribution in [0.1, 0.15) is 49.4 Å². The predicted molar refractivity (Wildman–Crippen MR) is 71.9 cm³/mol. The van der Waals surface area contributed by atoms with Gasteiger partial charge in [-0.25, -0.2) is 0 Å². The molecule has 2 N–H and O–H groups in total. The average molecular weight is 247 g/mol. The smallest absolute Gasteiger partial charge is 0.164 e. The number of hydrogen-bond donors (Lipinski definition) is 1. The summed E-state index contributed by atoms with van der Waals surface area (Å²) < 4.78 is 5.64. The topological polar surface area (TPSA) is 52.3 Å². The molecule has 0 spiro atoms. The quantitative estimate of drug-likeness (QED) is 0.754. The molecule has 1 aliphatic carbocycles. The molecule has 0 radical (unpaired) electrons. The maximum Gasteiger partial charge on any atom is 0.164 e. The van der Waals surface area contributed by atoms with Gasteiger partial charge >= 0.3 is 0 Å². The van der Waals surface area contributed by atoms with Crippen LogP contribution in [0.3, 0.4) is 0 Å². The molecule has 1 aliphatic rings. The molecule has 1 saturated carbocycles. The Labute approximate surface area is 108 Å². The number of ether oxygens (including phenoxy) is 1. The van der Waals surface area contributed by atoms with Crippen molar-refractivity contribution in [3.8, 4) is 5.75 Å². The molecule has 3 heteroatoms. The number of rotatable bonds is 7. The lowest BCUT2D eigenvalue weighted by molar-refractivity contribution is 0.0973. The van der Waals surface area contributed by atoms with Crippen molar-refractivity contribution in [2.75, 3.05) is 0 Å². The Morgan fingerprint density at radius 1 is 1.39 bits per heavy atom. The molecule has 0 heterocycles. The van der Waals surface area contributed by atoms with E-state index in [2.05, 4.69) is 6.92 Å². The summed E-state index contributed by atoms with van der Waals surface area (Å²) in [6, 6.07) is 7.38. The molecule has 2 rings (SSSR count). The molecule has 1 aromatic rings. The third-order valence-corrected chi connectivity index (χ3v) is 3.11. The molecule has 1 atom stereocenters. The van der Waals surface area contributed by atoms with Crippen LogP contribution in [0, 0.1) is 0 Å². The summed E-state index contributed by atoms with van der Waals surface area (Å²) in [4.78, 5) is 12.0. The summed E-state index contributed by atoms with van der Waals surface area (Å²) in [7, 11) is 0. The first-order valence-electron chi connectivity index (χ1n) is 6.74. The van der Waals surface area contributed by atoms with Crippen molar-refractivity contribution in [2.45, 2.75) is 51.2 Å². The minimum Gasteiger partial charge on any atom is -0.490 e. The van der Waals surface area contributed by atoms with E-state index in [4.69, 9.17) is 10.5 Å². The number of nitrogens with two attached hydrogens (primary N) is 1. The van der Waals surface area contributed by atoms with Crippen LogP contribution >= 0.6 is 0 Å². The van der Waals surface area contributed by atoms with Crippen molar-refractivity contribution in [3.05, 3.63) is 29.8 Å². The molecule has 1 unspecified atom stereocenters. The second kappa shape index (κ2) is 6.01. The van der Waals surface area contributed by atoms with E-state index in [0.717, 1.165) is 37.0 Å². The molecule has 0 aromatic heterocycles. The third kappa shape index (κ3) is 3.84. The van der Waals surface area contributed by atoms with E-state index >= 15 is 0 Å². The normalized spacial score (nSPS) is 16.3. The van der Waals surface area contributed by atoms with E-state index < -0.39 is 0 Å². The van der Waals surface area contributed by atoms with Crippen molar-refractivity contribution in [1.82, 2.24) is 0 Å². The average Bonchev–Trinajstić information content (AvgIpc) is 3.14. The Morgan fingerprint density at radius 2 is 2.06 bits per heavy atom. The minimum atomic E-state index is -0.0232. The summed E-state index contributed by atoms with van der Waals surface area (Å²) in [5.74, 6) is 0.973. The van der Waals surface area contributed by atoms with Gasteiger partial charge in [-0.1, -0.05) is 13.3 Å². The molecule has 1 fully saturated rings. The largest absolute Gasteiger partial charge is 0.490 e. The van der Waals surface area contributed by atoms with Crippen LogP contribution in [0.15, 0.2) is 24.3 Å². The number of Topliss-reactive ketones (excluding diaryl/α,β-unsaturated/α-hetero) is 1. The molecular weight excluding hydrogens is 226 g/mol. The van der Waals surface area contributed by atoms with Gasteiger partial charge in [-0.05, 0) is 43.5 Å². The Kier molecular flexibility index (Phi) is 4.37. The first kappa shape index (κ1) is 13.1. The lowest BCUT2D eigenvalue weighted by atomic mass is 10.0. The van der Waals surface area contributed by atoms with Gasteiger partial charge < -0.3 is 10.5 Å². The first-order valence-corrected chi connectivity index (χ1v) is 6.74. The van der Waals surface area contributed by atoms with Crippen LogP contribution in [0.4, 0.5) is 0 Å². The maximum atomic E-state index is 12.0. The fourth-order valence-electron chi connectivity index (χ4n) is 1.93. The summed E-state index contributed by atoms with van der Waals surface area (Å²) >= 11 is 0. The van der Waals surface area contributed by atoms with Gasteiger partial charge in [0.25, 0.3) is 0 Å². The van der Waals surface area contributed by atoms with E-state index in [-0.39, 0.29) is 11.8 Å². The van der Waals surface area contributed by atoms with Gasteiger partial charge in [0.05, 0.1) is 6.10 Å². The first-order chi connectivity index (χ1) is 8.69. The van der Waals surface area contributed by atoms with Crippen molar-refractivity contribution >= 4 is 5.78 Å².